The van der Waals surface area contributed by atoms with Crippen molar-refractivity contribution in [2.24, 2.45) is 0 Å². The van der Waals surface area contributed by atoms with E-state index in [4.69, 9.17) is 5.11 Å². The smallest absolute Gasteiger partial charge is 0.335 e. The molecule has 0 aliphatic carbocycles. The van der Waals surface area contributed by atoms with E-state index in [0.717, 1.165) is 24.1 Å². The first-order chi connectivity index (χ1) is 8.61. The van der Waals surface area contributed by atoms with Crippen LogP contribution in [-0.2, 0) is 6.54 Å². The summed E-state index contributed by atoms with van der Waals surface area (Å²) in [6, 6.07) is 4.84. The van der Waals surface area contributed by atoms with Gasteiger partial charge in [-0.2, -0.15) is 0 Å². The summed E-state index contributed by atoms with van der Waals surface area (Å²) in [6.07, 6.45) is 0. The molecule has 0 saturated heterocycles. The fourth-order valence-electron chi connectivity index (χ4n) is 1.69. The number of hydrogen-bond donors (Lipinski definition) is 1. The molecule has 0 fully saturated rings. The van der Waals surface area contributed by atoms with E-state index in [2.05, 4.69) is 22.1 Å². The first kappa shape index (κ1) is 12.5. The van der Waals surface area contributed by atoms with E-state index in [0.29, 0.717) is 6.54 Å². The molecule has 0 radical (unpaired) electrons. The molecule has 6 nitrogen and oxygen atoms in total. The van der Waals surface area contributed by atoms with E-state index in [1.165, 1.54) is 0 Å². The molecule has 18 heavy (non-hydrogen) atoms. The van der Waals surface area contributed by atoms with Gasteiger partial charge in [0.05, 0.1) is 17.6 Å². The van der Waals surface area contributed by atoms with Gasteiger partial charge in [-0.15, -0.1) is 5.10 Å². The van der Waals surface area contributed by atoms with Gasteiger partial charge in [0.1, 0.15) is 5.52 Å². The molecule has 0 spiro atoms. The number of likely N-dealkylation sites (N-methyl/N-ethyl adjacent to an activating group) is 1. The molecule has 0 saturated carbocycles. The molecule has 2 aromatic rings. The number of aromatic carboxylic acids is 1. The third-order valence-corrected chi connectivity index (χ3v) is 2.99. The number of carboxylic acid groups (broad SMARTS) is 1. The zero-order chi connectivity index (χ0) is 13.1. The number of fused-ring (bicyclic) bond motifs is 1. The lowest BCUT2D eigenvalue weighted by Gasteiger charge is -2.13. The number of aromatic nitrogens is 3. The van der Waals surface area contributed by atoms with Gasteiger partial charge in [-0.1, -0.05) is 12.1 Å². The predicted molar refractivity (Wildman–Crippen MR) is 67.7 cm³/mol. The molecule has 1 N–H and O–H groups in total. The number of rotatable bonds is 5. The number of benzene rings is 1. The zero-order valence-electron chi connectivity index (χ0n) is 10.5. The topological polar surface area (TPSA) is 71.2 Å². The summed E-state index contributed by atoms with van der Waals surface area (Å²) >= 11 is 0. The summed E-state index contributed by atoms with van der Waals surface area (Å²) in [7, 11) is 2.03. The van der Waals surface area contributed by atoms with E-state index >= 15 is 0 Å². The highest BCUT2D eigenvalue weighted by Gasteiger charge is 2.09. The Kier molecular flexibility index (Phi) is 3.57. The minimum absolute atomic E-state index is 0.259. The van der Waals surface area contributed by atoms with Crippen LogP contribution in [-0.4, -0.2) is 51.1 Å². The Balaban J connectivity index is 2.28. The van der Waals surface area contributed by atoms with Crippen molar-refractivity contribution in [2.45, 2.75) is 13.5 Å². The van der Waals surface area contributed by atoms with E-state index < -0.39 is 5.97 Å². The van der Waals surface area contributed by atoms with Crippen LogP contribution in [0.3, 0.4) is 0 Å². The average Bonchev–Trinajstić information content (AvgIpc) is 2.78. The summed E-state index contributed by atoms with van der Waals surface area (Å²) < 4.78 is 1.74. The van der Waals surface area contributed by atoms with Crippen molar-refractivity contribution in [1.82, 2.24) is 19.9 Å². The largest absolute Gasteiger partial charge is 0.478 e. The summed E-state index contributed by atoms with van der Waals surface area (Å²) in [6.45, 7) is 4.60. The third kappa shape index (κ3) is 2.48. The number of carboxylic acids is 1. The van der Waals surface area contributed by atoms with Crippen LogP contribution in [0.4, 0.5) is 0 Å². The van der Waals surface area contributed by atoms with Gasteiger partial charge in [0.15, 0.2) is 0 Å². The quantitative estimate of drug-likeness (QED) is 0.857. The van der Waals surface area contributed by atoms with E-state index in [-0.39, 0.29) is 5.56 Å². The van der Waals surface area contributed by atoms with Crippen LogP contribution < -0.4 is 0 Å². The van der Waals surface area contributed by atoms with E-state index in [1.807, 2.05) is 7.05 Å². The lowest BCUT2D eigenvalue weighted by atomic mass is 10.2. The molecule has 0 aliphatic rings. The predicted octanol–water partition coefficient (Wildman–Crippen LogP) is 1.08. The SMILES string of the molecule is CCN(C)CCn1nnc2ccc(C(=O)O)cc21. The summed E-state index contributed by atoms with van der Waals surface area (Å²) in [5.74, 6) is -0.935. The van der Waals surface area contributed by atoms with Crippen molar-refractivity contribution in [3.8, 4) is 0 Å². The van der Waals surface area contributed by atoms with Crippen molar-refractivity contribution in [3.05, 3.63) is 23.8 Å². The van der Waals surface area contributed by atoms with Crippen LogP contribution in [0.2, 0.25) is 0 Å². The maximum atomic E-state index is 10.9. The zero-order valence-corrected chi connectivity index (χ0v) is 10.5. The van der Waals surface area contributed by atoms with E-state index in [9.17, 15) is 4.79 Å². The molecule has 0 amide bonds. The molecule has 0 atom stereocenters. The van der Waals surface area contributed by atoms with Crippen molar-refractivity contribution in [2.75, 3.05) is 20.1 Å². The summed E-state index contributed by atoms with van der Waals surface area (Å²) in [4.78, 5) is 13.1. The second-order valence-electron chi connectivity index (χ2n) is 4.22. The Morgan fingerprint density at radius 1 is 1.50 bits per heavy atom. The van der Waals surface area contributed by atoms with Crippen molar-refractivity contribution in [3.63, 3.8) is 0 Å². The molecule has 1 aromatic heterocycles. The van der Waals surface area contributed by atoms with Crippen molar-refractivity contribution < 1.29 is 9.90 Å². The fraction of sp³-hybridized carbons (Fsp3) is 0.417. The Morgan fingerprint density at radius 2 is 2.28 bits per heavy atom. The Labute approximate surface area is 105 Å². The second-order valence-corrected chi connectivity index (χ2v) is 4.22. The maximum Gasteiger partial charge on any atom is 0.335 e. The third-order valence-electron chi connectivity index (χ3n) is 2.99. The van der Waals surface area contributed by atoms with Crippen molar-refractivity contribution in [1.29, 1.82) is 0 Å². The minimum Gasteiger partial charge on any atom is -0.478 e. The highest BCUT2D eigenvalue weighted by molar-refractivity contribution is 5.92. The number of carbonyl (C=O) groups is 1. The Morgan fingerprint density at radius 3 is 2.94 bits per heavy atom. The fourth-order valence-corrected chi connectivity index (χ4v) is 1.69. The minimum atomic E-state index is -0.935. The van der Waals surface area contributed by atoms with Crippen LogP contribution in [0.1, 0.15) is 17.3 Å². The molecule has 0 aliphatic heterocycles. The van der Waals surface area contributed by atoms with Gasteiger partial charge in [0.25, 0.3) is 0 Å². The van der Waals surface area contributed by atoms with Gasteiger partial charge >= 0.3 is 5.97 Å². The van der Waals surface area contributed by atoms with Crippen LogP contribution in [0.25, 0.3) is 11.0 Å². The van der Waals surface area contributed by atoms with Crippen molar-refractivity contribution >= 4 is 17.0 Å². The summed E-state index contributed by atoms with van der Waals surface area (Å²) in [5.41, 5.74) is 1.74. The van der Waals surface area contributed by atoms with Crippen LogP contribution >= 0.6 is 0 Å². The molecule has 2 rings (SSSR count). The molecule has 1 aromatic carbocycles. The van der Waals surface area contributed by atoms with Gasteiger partial charge in [0.2, 0.25) is 0 Å². The maximum absolute atomic E-state index is 10.9. The second kappa shape index (κ2) is 5.14. The molecular weight excluding hydrogens is 232 g/mol. The van der Waals surface area contributed by atoms with Crippen LogP contribution in [0.15, 0.2) is 18.2 Å². The number of hydrogen-bond acceptors (Lipinski definition) is 4. The Bertz CT molecular complexity index is 564. The van der Waals surface area contributed by atoms with Gasteiger partial charge in [-0.05, 0) is 31.8 Å². The van der Waals surface area contributed by atoms with Gasteiger partial charge in [-0.25, -0.2) is 9.48 Å². The number of nitrogens with zero attached hydrogens (tertiary/aromatic N) is 4. The highest BCUT2D eigenvalue weighted by Crippen LogP contribution is 2.13. The molecule has 96 valence electrons. The lowest BCUT2D eigenvalue weighted by Crippen LogP contribution is -2.23. The van der Waals surface area contributed by atoms with Crippen LogP contribution in [0.5, 0.6) is 0 Å². The average molecular weight is 248 g/mol. The normalized spacial score (nSPS) is 11.3. The monoisotopic (exact) mass is 248 g/mol. The summed E-state index contributed by atoms with van der Waals surface area (Å²) in [5, 5.41) is 17.0. The van der Waals surface area contributed by atoms with Gasteiger partial charge < -0.3 is 10.0 Å². The lowest BCUT2D eigenvalue weighted by molar-refractivity contribution is 0.0697. The molecule has 1 heterocycles. The van der Waals surface area contributed by atoms with E-state index in [1.54, 1.807) is 22.9 Å². The molecule has 6 heteroatoms. The highest BCUT2D eigenvalue weighted by atomic mass is 16.4. The molecule has 0 bridgehead atoms. The first-order valence-corrected chi connectivity index (χ1v) is 5.87. The standard InChI is InChI=1S/C12H16N4O2/c1-3-15(2)6-7-16-11-8-9(12(17)18)4-5-10(11)13-14-16/h4-5,8H,3,6-7H2,1-2H3,(H,17,18). The Hall–Kier alpha value is -1.95. The first-order valence-electron chi connectivity index (χ1n) is 5.87. The van der Waals surface area contributed by atoms with Gasteiger partial charge in [-0.3, -0.25) is 0 Å². The molecular formula is C12H16N4O2. The van der Waals surface area contributed by atoms with Crippen LogP contribution in [0, 0.1) is 0 Å². The molecule has 0 unspecified atom stereocenters. The van der Waals surface area contributed by atoms with Gasteiger partial charge in [0, 0.05) is 6.54 Å².